The Hall–Kier alpha value is -0.860. The molecule has 2 fully saturated rings. The van der Waals surface area contributed by atoms with Gasteiger partial charge in [-0.3, -0.25) is 4.90 Å². The molecule has 0 bridgehead atoms. The Balaban J connectivity index is 1.78. The Morgan fingerprint density at radius 3 is 2.65 bits per heavy atom. The van der Waals surface area contributed by atoms with Gasteiger partial charge in [-0.05, 0) is 57.7 Å². The molecule has 0 spiro atoms. The zero-order chi connectivity index (χ0) is 13.9. The summed E-state index contributed by atoms with van der Waals surface area (Å²) < 4.78 is 0. The van der Waals surface area contributed by atoms with Crippen molar-refractivity contribution in [2.45, 2.75) is 64.1 Å². The van der Waals surface area contributed by atoms with E-state index in [0.29, 0.717) is 6.04 Å². The maximum atomic E-state index is 3.73. The Morgan fingerprint density at radius 2 is 2.00 bits per heavy atom. The second-order valence-electron chi connectivity index (χ2n) is 6.48. The SMILES string of the molecule is CCC(c1ccc(C)cc1)N1CCCC1C1CCCN1. The van der Waals surface area contributed by atoms with Crippen LogP contribution in [0.2, 0.25) is 0 Å². The quantitative estimate of drug-likeness (QED) is 0.900. The molecule has 2 heteroatoms. The minimum Gasteiger partial charge on any atom is -0.312 e. The standard InChI is InChI=1S/C18H28N2/c1-3-17(15-10-8-14(2)9-11-15)20-13-5-7-18(20)16-6-4-12-19-16/h8-11,16-19H,3-7,12-13H2,1-2H3. The summed E-state index contributed by atoms with van der Waals surface area (Å²) in [6.45, 7) is 7.00. The number of aryl methyl sites for hydroxylation is 1. The van der Waals surface area contributed by atoms with Crippen molar-refractivity contribution in [3.63, 3.8) is 0 Å². The Labute approximate surface area is 123 Å². The van der Waals surface area contributed by atoms with Gasteiger partial charge in [0.15, 0.2) is 0 Å². The van der Waals surface area contributed by atoms with E-state index in [1.54, 1.807) is 0 Å². The van der Waals surface area contributed by atoms with Crippen molar-refractivity contribution in [1.29, 1.82) is 0 Å². The minimum atomic E-state index is 0.602. The smallest absolute Gasteiger partial charge is 0.0349 e. The lowest BCUT2D eigenvalue weighted by atomic mass is 9.97. The maximum absolute atomic E-state index is 3.73. The van der Waals surface area contributed by atoms with Crippen molar-refractivity contribution in [2.24, 2.45) is 0 Å². The highest BCUT2D eigenvalue weighted by Crippen LogP contribution is 2.34. The van der Waals surface area contributed by atoms with Gasteiger partial charge in [0.2, 0.25) is 0 Å². The first-order valence-corrected chi connectivity index (χ1v) is 8.35. The molecule has 2 heterocycles. The molecular weight excluding hydrogens is 244 g/mol. The highest BCUT2D eigenvalue weighted by Gasteiger charge is 2.36. The lowest BCUT2D eigenvalue weighted by Gasteiger charge is -2.36. The van der Waals surface area contributed by atoms with Gasteiger partial charge in [0, 0.05) is 18.1 Å². The van der Waals surface area contributed by atoms with Gasteiger partial charge in [0.05, 0.1) is 0 Å². The van der Waals surface area contributed by atoms with Crippen LogP contribution in [0.5, 0.6) is 0 Å². The summed E-state index contributed by atoms with van der Waals surface area (Å²) in [5.41, 5.74) is 2.86. The van der Waals surface area contributed by atoms with E-state index in [4.69, 9.17) is 0 Å². The van der Waals surface area contributed by atoms with Crippen LogP contribution in [0.4, 0.5) is 0 Å². The van der Waals surface area contributed by atoms with Gasteiger partial charge in [0.1, 0.15) is 0 Å². The third kappa shape index (κ3) is 2.77. The van der Waals surface area contributed by atoms with Crippen LogP contribution in [-0.2, 0) is 0 Å². The van der Waals surface area contributed by atoms with Gasteiger partial charge >= 0.3 is 0 Å². The van der Waals surface area contributed by atoms with Crippen LogP contribution >= 0.6 is 0 Å². The van der Waals surface area contributed by atoms with Crippen molar-refractivity contribution in [1.82, 2.24) is 10.2 Å². The van der Waals surface area contributed by atoms with E-state index in [-0.39, 0.29) is 0 Å². The molecular formula is C18H28N2. The zero-order valence-corrected chi connectivity index (χ0v) is 12.9. The molecule has 3 unspecified atom stereocenters. The van der Waals surface area contributed by atoms with Crippen LogP contribution < -0.4 is 5.32 Å². The number of likely N-dealkylation sites (tertiary alicyclic amines) is 1. The highest BCUT2D eigenvalue weighted by atomic mass is 15.2. The monoisotopic (exact) mass is 272 g/mol. The molecule has 2 saturated heterocycles. The fourth-order valence-electron chi connectivity index (χ4n) is 4.12. The molecule has 1 aromatic carbocycles. The number of hydrogen-bond acceptors (Lipinski definition) is 2. The first-order valence-electron chi connectivity index (χ1n) is 8.35. The molecule has 110 valence electrons. The van der Waals surface area contributed by atoms with Crippen LogP contribution in [-0.4, -0.2) is 30.1 Å². The summed E-state index contributed by atoms with van der Waals surface area (Å²) in [4.78, 5) is 2.79. The highest BCUT2D eigenvalue weighted by molar-refractivity contribution is 5.24. The normalized spacial score (nSPS) is 28.9. The number of nitrogens with one attached hydrogen (secondary N) is 1. The molecule has 2 aliphatic rings. The van der Waals surface area contributed by atoms with E-state index in [2.05, 4.69) is 48.3 Å². The topological polar surface area (TPSA) is 15.3 Å². The first-order chi connectivity index (χ1) is 9.79. The molecule has 0 radical (unpaired) electrons. The van der Waals surface area contributed by atoms with Gasteiger partial charge in [-0.2, -0.15) is 0 Å². The third-order valence-electron chi connectivity index (χ3n) is 5.15. The van der Waals surface area contributed by atoms with Crippen LogP contribution in [0.15, 0.2) is 24.3 Å². The summed E-state index contributed by atoms with van der Waals surface area (Å²) in [7, 11) is 0. The lowest BCUT2D eigenvalue weighted by Crippen LogP contribution is -2.45. The third-order valence-corrected chi connectivity index (χ3v) is 5.15. The number of nitrogens with zero attached hydrogens (tertiary/aromatic N) is 1. The average molecular weight is 272 g/mol. The summed E-state index contributed by atoms with van der Waals surface area (Å²) in [6.07, 6.45) is 6.68. The molecule has 3 rings (SSSR count). The largest absolute Gasteiger partial charge is 0.312 e. The van der Waals surface area contributed by atoms with Gasteiger partial charge in [-0.15, -0.1) is 0 Å². The van der Waals surface area contributed by atoms with E-state index in [0.717, 1.165) is 12.1 Å². The fourth-order valence-corrected chi connectivity index (χ4v) is 4.12. The van der Waals surface area contributed by atoms with Crippen molar-refractivity contribution in [3.8, 4) is 0 Å². The molecule has 0 aromatic heterocycles. The maximum Gasteiger partial charge on any atom is 0.0349 e. The summed E-state index contributed by atoms with van der Waals surface area (Å²) in [6, 6.07) is 11.3. The minimum absolute atomic E-state index is 0.602. The van der Waals surface area contributed by atoms with Crippen LogP contribution in [0, 0.1) is 6.92 Å². The van der Waals surface area contributed by atoms with E-state index < -0.39 is 0 Å². The predicted octanol–water partition coefficient (Wildman–Crippen LogP) is 3.66. The van der Waals surface area contributed by atoms with Crippen molar-refractivity contribution in [2.75, 3.05) is 13.1 Å². The van der Waals surface area contributed by atoms with E-state index in [1.807, 2.05) is 0 Å². The number of rotatable bonds is 4. The number of hydrogen-bond donors (Lipinski definition) is 1. The molecule has 0 aliphatic carbocycles. The molecule has 1 aromatic rings. The van der Waals surface area contributed by atoms with Gasteiger partial charge in [-0.25, -0.2) is 0 Å². The van der Waals surface area contributed by atoms with Gasteiger partial charge in [0.25, 0.3) is 0 Å². The zero-order valence-electron chi connectivity index (χ0n) is 12.9. The van der Waals surface area contributed by atoms with Crippen LogP contribution in [0.3, 0.4) is 0 Å². The molecule has 3 atom stereocenters. The van der Waals surface area contributed by atoms with Crippen molar-refractivity contribution < 1.29 is 0 Å². The lowest BCUT2D eigenvalue weighted by molar-refractivity contribution is 0.149. The average Bonchev–Trinajstić information content (AvgIpc) is 3.12. The van der Waals surface area contributed by atoms with E-state index >= 15 is 0 Å². The van der Waals surface area contributed by atoms with Gasteiger partial charge < -0.3 is 5.32 Å². The Morgan fingerprint density at radius 1 is 1.20 bits per heavy atom. The Kier molecular flexibility index (Phi) is 4.42. The Bertz CT molecular complexity index is 420. The summed E-state index contributed by atoms with van der Waals surface area (Å²) in [5, 5.41) is 3.73. The van der Waals surface area contributed by atoms with Crippen molar-refractivity contribution >= 4 is 0 Å². The summed E-state index contributed by atoms with van der Waals surface area (Å²) in [5.74, 6) is 0. The molecule has 1 N–H and O–H groups in total. The van der Waals surface area contributed by atoms with E-state index in [1.165, 1.54) is 56.3 Å². The van der Waals surface area contributed by atoms with E-state index in [9.17, 15) is 0 Å². The predicted molar refractivity (Wildman–Crippen MR) is 85.0 cm³/mol. The number of benzene rings is 1. The molecule has 0 amide bonds. The summed E-state index contributed by atoms with van der Waals surface area (Å²) >= 11 is 0. The molecule has 2 aliphatic heterocycles. The molecule has 0 saturated carbocycles. The van der Waals surface area contributed by atoms with Crippen LogP contribution in [0.25, 0.3) is 0 Å². The molecule has 20 heavy (non-hydrogen) atoms. The van der Waals surface area contributed by atoms with Gasteiger partial charge in [-0.1, -0.05) is 36.8 Å². The second kappa shape index (κ2) is 6.28. The molecule has 2 nitrogen and oxygen atoms in total. The fraction of sp³-hybridized carbons (Fsp3) is 0.667. The first kappa shape index (κ1) is 14.1. The second-order valence-corrected chi connectivity index (χ2v) is 6.48. The van der Waals surface area contributed by atoms with Crippen molar-refractivity contribution in [3.05, 3.63) is 35.4 Å². The van der Waals surface area contributed by atoms with Crippen LogP contribution in [0.1, 0.15) is 56.2 Å².